The zero-order valence-electron chi connectivity index (χ0n) is 12.0. The van der Waals surface area contributed by atoms with Crippen LogP contribution in [0.2, 0.25) is 0 Å². The quantitative estimate of drug-likeness (QED) is 0.778. The van der Waals surface area contributed by atoms with Crippen LogP contribution in [-0.2, 0) is 11.1 Å². The Hall–Kier alpha value is -0.600. The number of amides is 1. The molecule has 5 heteroatoms. The van der Waals surface area contributed by atoms with Crippen LogP contribution in [0.1, 0.15) is 35.7 Å². The summed E-state index contributed by atoms with van der Waals surface area (Å²) < 4.78 is 13.4. The third-order valence-electron chi connectivity index (χ3n) is 4.36. The molecule has 2 aliphatic rings. The van der Waals surface area contributed by atoms with Gasteiger partial charge in [-0.05, 0) is 56.7 Å². The predicted molar refractivity (Wildman–Crippen MR) is 85.3 cm³/mol. The van der Waals surface area contributed by atoms with Gasteiger partial charge in [-0.2, -0.15) is 0 Å². The average Bonchev–Trinajstić information content (AvgIpc) is 3.12. The van der Waals surface area contributed by atoms with Crippen molar-refractivity contribution < 1.29 is 9.36 Å². The summed E-state index contributed by atoms with van der Waals surface area (Å²) in [5.41, 5.74) is 1.70. The average molecular weight is 356 g/mol. The molecule has 0 unspecified atom stereocenters. The van der Waals surface area contributed by atoms with Gasteiger partial charge in [0, 0.05) is 22.4 Å². The van der Waals surface area contributed by atoms with Crippen LogP contribution in [0.4, 0.5) is 0 Å². The first-order valence-corrected chi connectivity index (χ1v) is 10.4. The summed E-state index contributed by atoms with van der Waals surface area (Å²) in [5.74, 6) is 0.709. The monoisotopic (exact) mass is 355 g/mol. The standard InChI is InChI=1S/C15H19BrNO2P/c1-9(10-4-5-10)17-8-11-6-12(16)7-13(20(2,3)19)14(11)15(17)18/h6-7,9-10H,4-5,8H2,1-3H3/t9-/m0/s1. The fraction of sp³-hybridized carbons (Fsp3) is 0.533. The molecule has 0 aromatic heterocycles. The van der Waals surface area contributed by atoms with Crippen molar-refractivity contribution in [1.29, 1.82) is 0 Å². The van der Waals surface area contributed by atoms with Crippen LogP contribution < -0.4 is 5.30 Å². The van der Waals surface area contributed by atoms with Gasteiger partial charge in [0.25, 0.3) is 5.91 Å². The van der Waals surface area contributed by atoms with Crippen LogP contribution in [0.3, 0.4) is 0 Å². The Morgan fingerprint density at radius 1 is 1.35 bits per heavy atom. The maximum absolute atomic E-state index is 12.7. The van der Waals surface area contributed by atoms with Gasteiger partial charge in [0.15, 0.2) is 0 Å². The molecule has 20 heavy (non-hydrogen) atoms. The molecule has 0 N–H and O–H groups in total. The number of carbonyl (C=O) groups is 1. The van der Waals surface area contributed by atoms with E-state index in [2.05, 4.69) is 22.9 Å². The molecule has 108 valence electrons. The molecule has 1 fully saturated rings. The molecule has 3 rings (SSSR count). The third kappa shape index (κ3) is 2.37. The van der Waals surface area contributed by atoms with E-state index in [0.717, 1.165) is 15.3 Å². The molecule has 1 atom stereocenters. The summed E-state index contributed by atoms with van der Waals surface area (Å²) >= 11 is 3.48. The normalized spacial score (nSPS) is 20.2. The third-order valence-corrected chi connectivity index (χ3v) is 6.33. The number of hydrogen-bond donors (Lipinski definition) is 0. The second kappa shape index (κ2) is 4.71. The molecule has 0 spiro atoms. The highest BCUT2D eigenvalue weighted by Crippen LogP contribution is 2.42. The maximum atomic E-state index is 12.7. The predicted octanol–water partition coefficient (Wildman–Crippen LogP) is 3.45. The van der Waals surface area contributed by atoms with E-state index < -0.39 is 7.14 Å². The van der Waals surface area contributed by atoms with E-state index in [1.54, 1.807) is 13.3 Å². The summed E-state index contributed by atoms with van der Waals surface area (Å²) in [6.45, 7) is 6.25. The molecule has 1 aliphatic heterocycles. The SMILES string of the molecule is C[C@@H](C1CC1)N1Cc2cc(Br)cc(P(C)(C)=O)c2C1=O. The lowest BCUT2D eigenvalue weighted by atomic mass is 10.1. The van der Waals surface area contributed by atoms with E-state index in [4.69, 9.17) is 0 Å². The Morgan fingerprint density at radius 3 is 2.55 bits per heavy atom. The summed E-state index contributed by atoms with van der Waals surface area (Å²) in [7, 11) is -2.47. The van der Waals surface area contributed by atoms with Crippen LogP contribution in [0.25, 0.3) is 0 Å². The van der Waals surface area contributed by atoms with Crippen LogP contribution in [0.15, 0.2) is 16.6 Å². The van der Waals surface area contributed by atoms with Crippen molar-refractivity contribution in [3.63, 3.8) is 0 Å². The van der Waals surface area contributed by atoms with Crippen molar-refractivity contribution in [3.05, 3.63) is 27.7 Å². The molecule has 1 heterocycles. The summed E-state index contributed by atoms with van der Waals surface area (Å²) in [6, 6.07) is 4.13. The largest absolute Gasteiger partial charge is 0.331 e. The van der Waals surface area contributed by atoms with Gasteiger partial charge in [0.2, 0.25) is 0 Å². The van der Waals surface area contributed by atoms with Crippen LogP contribution in [0.5, 0.6) is 0 Å². The molecule has 3 nitrogen and oxygen atoms in total. The van der Waals surface area contributed by atoms with Crippen molar-refractivity contribution >= 4 is 34.3 Å². The molecule has 1 aliphatic carbocycles. The van der Waals surface area contributed by atoms with E-state index in [9.17, 15) is 9.36 Å². The number of carbonyl (C=O) groups excluding carboxylic acids is 1. The fourth-order valence-electron chi connectivity index (χ4n) is 3.00. The highest BCUT2D eigenvalue weighted by atomic mass is 79.9. The van der Waals surface area contributed by atoms with Crippen molar-refractivity contribution in [2.75, 3.05) is 13.3 Å². The van der Waals surface area contributed by atoms with Crippen molar-refractivity contribution in [2.24, 2.45) is 5.92 Å². The van der Waals surface area contributed by atoms with Gasteiger partial charge in [0.05, 0.1) is 5.56 Å². The zero-order chi connectivity index (χ0) is 14.7. The molecule has 1 aromatic rings. The smallest absolute Gasteiger partial charge is 0.255 e. The Bertz CT molecular complexity index is 633. The van der Waals surface area contributed by atoms with Gasteiger partial charge >= 0.3 is 0 Å². The molecule has 0 saturated heterocycles. The van der Waals surface area contributed by atoms with Crippen molar-refractivity contribution in [3.8, 4) is 0 Å². The van der Waals surface area contributed by atoms with Crippen LogP contribution in [0, 0.1) is 5.92 Å². The number of benzene rings is 1. The Kier molecular flexibility index (Phi) is 3.38. The van der Waals surface area contributed by atoms with E-state index >= 15 is 0 Å². The Labute approximate surface area is 128 Å². The summed E-state index contributed by atoms with van der Waals surface area (Å²) in [6.07, 6.45) is 2.44. The minimum absolute atomic E-state index is 0.0609. The van der Waals surface area contributed by atoms with E-state index in [1.165, 1.54) is 12.8 Å². The topological polar surface area (TPSA) is 37.4 Å². The van der Waals surface area contributed by atoms with Gasteiger partial charge in [-0.25, -0.2) is 0 Å². The lowest BCUT2D eigenvalue weighted by Gasteiger charge is -2.24. The first-order valence-electron chi connectivity index (χ1n) is 6.98. The molecular weight excluding hydrogens is 337 g/mol. The number of halogens is 1. The first-order chi connectivity index (χ1) is 9.29. The van der Waals surface area contributed by atoms with E-state index in [1.807, 2.05) is 17.0 Å². The molecule has 1 aromatic carbocycles. The van der Waals surface area contributed by atoms with E-state index in [-0.39, 0.29) is 11.9 Å². The molecule has 0 bridgehead atoms. The van der Waals surface area contributed by atoms with Gasteiger partial charge in [-0.1, -0.05) is 15.9 Å². The number of fused-ring (bicyclic) bond motifs is 1. The van der Waals surface area contributed by atoms with E-state index in [0.29, 0.717) is 18.0 Å². The van der Waals surface area contributed by atoms with Gasteiger partial charge < -0.3 is 9.46 Å². The maximum Gasteiger partial charge on any atom is 0.255 e. The molecular formula is C15H19BrNO2P. The first kappa shape index (κ1) is 14.3. The molecule has 1 saturated carbocycles. The fourth-order valence-corrected chi connectivity index (χ4v) is 4.91. The lowest BCUT2D eigenvalue weighted by molar-refractivity contribution is 0.0698. The highest BCUT2D eigenvalue weighted by molar-refractivity contribution is 9.10. The van der Waals surface area contributed by atoms with Crippen molar-refractivity contribution in [2.45, 2.75) is 32.4 Å². The molecule has 0 radical (unpaired) electrons. The van der Waals surface area contributed by atoms with Crippen LogP contribution in [-0.4, -0.2) is 30.2 Å². The Morgan fingerprint density at radius 2 is 2.00 bits per heavy atom. The van der Waals surface area contributed by atoms with Gasteiger partial charge in [0.1, 0.15) is 7.14 Å². The minimum atomic E-state index is -2.47. The summed E-state index contributed by atoms with van der Waals surface area (Å²) in [5, 5.41) is 0.720. The Balaban J connectivity index is 2.06. The number of nitrogens with zero attached hydrogens (tertiary/aromatic N) is 1. The minimum Gasteiger partial charge on any atom is -0.331 e. The van der Waals surface area contributed by atoms with Crippen molar-refractivity contribution in [1.82, 2.24) is 4.90 Å². The zero-order valence-corrected chi connectivity index (χ0v) is 14.5. The second-order valence-corrected chi connectivity index (χ2v) is 10.4. The number of rotatable bonds is 3. The van der Waals surface area contributed by atoms with Gasteiger partial charge in [-0.15, -0.1) is 0 Å². The molecule has 1 amide bonds. The van der Waals surface area contributed by atoms with Crippen LogP contribution >= 0.6 is 23.1 Å². The second-order valence-electron chi connectivity index (χ2n) is 6.32. The number of hydrogen-bond acceptors (Lipinski definition) is 2. The summed E-state index contributed by atoms with van der Waals surface area (Å²) in [4.78, 5) is 14.7. The highest BCUT2D eigenvalue weighted by Gasteiger charge is 2.40. The lowest BCUT2D eigenvalue weighted by Crippen LogP contribution is -2.35. The van der Waals surface area contributed by atoms with Gasteiger partial charge in [-0.3, -0.25) is 4.79 Å².